The van der Waals surface area contributed by atoms with Crippen LogP contribution in [0.15, 0.2) is 24.3 Å². The van der Waals surface area contributed by atoms with Gasteiger partial charge in [0, 0.05) is 37.7 Å². The van der Waals surface area contributed by atoms with Crippen molar-refractivity contribution in [3.63, 3.8) is 0 Å². The second-order valence-electron chi connectivity index (χ2n) is 6.57. The largest absolute Gasteiger partial charge is 0.338 e. The lowest BCUT2D eigenvalue weighted by atomic mass is 10.1. The fourth-order valence-corrected chi connectivity index (χ4v) is 2.61. The number of rotatable bonds is 5. The van der Waals surface area contributed by atoms with E-state index in [-0.39, 0.29) is 17.4 Å². The molecule has 4 heteroatoms. The Morgan fingerprint density at radius 3 is 2.27 bits per heavy atom. The Morgan fingerprint density at radius 2 is 1.82 bits per heavy atom. The molecular weight excluding hydrogens is 276 g/mol. The number of carbonyl (C=O) groups excluding carboxylic acids is 2. The van der Waals surface area contributed by atoms with Gasteiger partial charge >= 0.3 is 0 Å². The fraction of sp³-hybridized carbons (Fsp3) is 0.556. The van der Waals surface area contributed by atoms with Crippen LogP contribution in [-0.2, 0) is 9.59 Å². The molecule has 0 aliphatic rings. The topological polar surface area (TPSA) is 40.6 Å². The van der Waals surface area contributed by atoms with E-state index in [0.29, 0.717) is 19.5 Å². The first-order valence-electron chi connectivity index (χ1n) is 7.82. The zero-order valence-electron chi connectivity index (χ0n) is 14.6. The molecule has 0 saturated carbocycles. The Bertz CT molecular complexity index is 532. The number of benzene rings is 1. The van der Waals surface area contributed by atoms with Crippen LogP contribution in [0.5, 0.6) is 0 Å². The third kappa shape index (κ3) is 4.86. The molecule has 0 aliphatic carbocycles. The Kier molecular flexibility index (Phi) is 6.15. The van der Waals surface area contributed by atoms with E-state index >= 15 is 0 Å². The molecule has 0 radical (unpaired) electrons. The number of hydrogen-bond acceptors (Lipinski definition) is 2. The van der Waals surface area contributed by atoms with E-state index in [2.05, 4.69) is 0 Å². The van der Waals surface area contributed by atoms with Crippen LogP contribution in [0, 0.1) is 6.92 Å². The number of hydrogen-bond donors (Lipinski definition) is 0. The van der Waals surface area contributed by atoms with Crippen molar-refractivity contribution >= 4 is 17.5 Å². The summed E-state index contributed by atoms with van der Waals surface area (Å²) in [5, 5.41) is 0. The molecule has 4 nitrogen and oxygen atoms in total. The van der Waals surface area contributed by atoms with Crippen molar-refractivity contribution in [2.75, 3.05) is 18.0 Å². The second kappa shape index (κ2) is 7.43. The van der Waals surface area contributed by atoms with Gasteiger partial charge in [-0.1, -0.05) is 12.1 Å². The van der Waals surface area contributed by atoms with E-state index in [1.807, 2.05) is 58.9 Å². The van der Waals surface area contributed by atoms with E-state index in [9.17, 15) is 9.59 Å². The highest BCUT2D eigenvalue weighted by Gasteiger charge is 2.25. The Hall–Kier alpha value is -1.84. The summed E-state index contributed by atoms with van der Waals surface area (Å²) in [7, 11) is 0. The minimum atomic E-state index is -0.271. The highest BCUT2D eigenvalue weighted by atomic mass is 16.2. The number of anilines is 1. The normalized spacial score (nSPS) is 11.2. The van der Waals surface area contributed by atoms with Gasteiger partial charge in [0.2, 0.25) is 11.8 Å². The lowest BCUT2D eigenvalue weighted by molar-refractivity contribution is -0.134. The summed E-state index contributed by atoms with van der Waals surface area (Å²) in [6.07, 6.45) is 0.332. The van der Waals surface area contributed by atoms with Crippen molar-refractivity contribution in [3.8, 4) is 0 Å². The van der Waals surface area contributed by atoms with Gasteiger partial charge in [-0.25, -0.2) is 0 Å². The summed E-state index contributed by atoms with van der Waals surface area (Å²) in [5.41, 5.74) is 1.77. The van der Waals surface area contributed by atoms with Crippen molar-refractivity contribution in [3.05, 3.63) is 29.8 Å². The molecule has 1 aromatic carbocycles. The number of aryl methyl sites for hydroxylation is 1. The zero-order chi connectivity index (χ0) is 16.9. The maximum Gasteiger partial charge on any atom is 0.228 e. The smallest absolute Gasteiger partial charge is 0.228 e. The minimum absolute atomic E-state index is 0.00101. The molecule has 0 spiro atoms. The molecule has 1 rings (SSSR count). The maximum atomic E-state index is 12.5. The van der Waals surface area contributed by atoms with Gasteiger partial charge in [-0.3, -0.25) is 9.59 Å². The monoisotopic (exact) mass is 304 g/mol. The van der Waals surface area contributed by atoms with Crippen LogP contribution < -0.4 is 4.90 Å². The summed E-state index contributed by atoms with van der Waals surface area (Å²) in [5.74, 6) is 0.0440. The van der Waals surface area contributed by atoms with Crippen LogP contribution in [0.25, 0.3) is 0 Å². The summed E-state index contributed by atoms with van der Waals surface area (Å²) in [6.45, 7) is 12.5. The van der Waals surface area contributed by atoms with Crippen LogP contribution in [0.4, 0.5) is 5.69 Å². The van der Waals surface area contributed by atoms with Gasteiger partial charge in [0.05, 0.1) is 0 Å². The Labute approximate surface area is 134 Å². The molecule has 0 saturated heterocycles. The summed E-state index contributed by atoms with van der Waals surface area (Å²) >= 11 is 0. The molecule has 0 N–H and O–H groups in total. The van der Waals surface area contributed by atoms with Crippen molar-refractivity contribution in [2.24, 2.45) is 0 Å². The third-order valence-corrected chi connectivity index (χ3v) is 3.67. The van der Waals surface area contributed by atoms with Gasteiger partial charge < -0.3 is 9.80 Å². The van der Waals surface area contributed by atoms with Gasteiger partial charge in [-0.2, -0.15) is 0 Å². The average molecular weight is 304 g/mol. The molecule has 0 heterocycles. The van der Waals surface area contributed by atoms with Crippen LogP contribution in [0.1, 0.15) is 46.6 Å². The lowest BCUT2D eigenvalue weighted by Crippen LogP contribution is -2.46. The first kappa shape index (κ1) is 18.2. The molecule has 0 unspecified atom stereocenters. The quantitative estimate of drug-likeness (QED) is 0.836. The lowest BCUT2D eigenvalue weighted by Gasteiger charge is -2.35. The van der Waals surface area contributed by atoms with Gasteiger partial charge in [0.1, 0.15) is 0 Å². The molecular formula is C18H28N2O2. The van der Waals surface area contributed by atoms with E-state index in [0.717, 1.165) is 11.3 Å². The van der Waals surface area contributed by atoms with E-state index < -0.39 is 0 Å². The molecule has 0 bridgehead atoms. The summed E-state index contributed by atoms with van der Waals surface area (Å²) < 4.78 is 0. The molecule has 0 aliphatic heterocycles. The SMILES string of the molecule is CCN(C(=O)CCN(C(C)=O)C(C)(C)C)c1cccc(C)c1. The van der Waals surface area contributed by atoms with Crippen molar-refractivity contribution in [1.82, 2.24) is 4.90 Å². The molecule has 0 fully saturated rings. The van der Waals surface area contributed by atoms with Crippen molar-refractivity contribution in [2.45, 2.75) is 53.5 Å². The third-order valence-electron chi connectivity index (χ3n) is 3.67. The number of amides is 2. The first-order chi connectivity index (χ1) is 10.2. The summed E-state index contributed by atoms with van der Waals surface area (Å²) in [6, 6.07) is 7.92. The molecule has 1 aromatic rings. The fourth-order valence-electron chi connectivity index (χ4n) is 2.61. The molecule has 122 valence electrons. The van der Waals surface area contributed by atoms with Crippen LogP contribution in [-0.4, -0.2) is 35.3 Å². The average Bonchev–Trinajstić information content (AvgIpc) is 2.37. The highest BCUT2D eigenvalue weighted by molar-refractivity contribution is 5.93. The van der Waals surface area contributed by atoms with E-state index in [1.165, 1.54) is 0 Å². The van der Waals surface area contributed by atoms with Crippen molar-refractivity contribution < 1.29 is 9.59 Å². The highest BCUT2D eigenvalue weighted by Crippen LogP contribution is 2.18. The molecule has 22 heavy (non-hydrogen) atoms. The molecule has 2 amide bonds. The standard InChI is InChI=1S/C18H28N2O2/c1-7-19(16-10-8-9-14(2)13-16)17(22)11-12-20(15(3)21)18(4,5)6/h8-10,13H,7,11-12H2,1-6H3. The molecule has 0 aromatic heterocycles. The predicted octanol–water partition coefficient (Wildman–Crippen LogP) is 3.39. The summed E-state index contributed by atoms with van der Waals surface area (Å²) in [4.78, 5) is 27.8. The minimum Gasteiger partial charge on any atom is -0.338 e. The predicted molar refractivity (Wildman–Crippen MR) is 91.0 cm³/mol. The molecule has 0 atom stereocenters. The van der Waals surface area contributed by atoms with E-state index in [4.69, 9.17) is 0 Å². The van der Waals surface area contributed by atoms with Gasteiger partial charge in [0.15, 0.2) is 0 Å². The second-order valence-corrected chi connectivity index (χ2v) is 6.57. The number of nitrogens with zero attached hydrogens (tertiary/aromatic N) is 2. The van der Waals surface area contributed by atoms with E-state index in [1.54, 1.807) is 16.7 Å². The van der Waals surface area contributed by atoms with Gasteiger partial charge in [0.25, 0.3) is 0 Å². The van der Waals surface area contributed by atoms with Gasteiger partial charge in [-0.15, -0.1) is 0 Å². The number of carbonyl (C=O) groups is 2. The Morgan fingerprint density at radius 1 is 1.18 bits per heavy atom. The maximum absolute atomic E-state index is 12.5. The van der Waals surface area contributed by atoms with Gasteiger partial charge in [-0.05, 0) is 52.3 Å². The van der Waals surface area contributed by atoms with Crippen LogP contribution in [0.3, 0.4) is 0 Å². The van der Waals surface area contributed by atoms with Crippen LogP contribution in [0.2, 0.25) is 0 Å². The Balaban J connectivity index is 2.80. The zero-order valence-corrected chi connectivity index (χ0v) is 14.6. The van der Waals surface area contributed by atoms with Crippen LogP contribution >= 0.6 is 0 Å². The van der Waals surface area contributed by atoms with Crippen molar-refractivity contribution in [1.29, 1.82) is 0 Å². The first-order valence-corrected chi connectivity index (χ1v) is 7.82.